The molecular formula is C14H24FN. The molecule has 0 N–H and O–H groups in total. The van der Waals surface area contributed by atoms with Crippen molar-refractivity contribution in [2.75, 3.05) is 20.1 Å². The number of nitrogens with zero attached hydrogens (tertiary/aromatic N) is 1. The Morgan fingerprint density at radius 1 is 1.12 bits per heavy atom. The van der Waals surface area contributed by atoms with E-state index in [9.17, 15) is 4.39 Å². The number of likely N-dealkylation sites (tertiary alicyclic amines) is 1. The van der Waals surface area contributed by atoms with Crippen LogP contribution in [0.4, 0.5) is 4.39 Å². The number of alkyl halides is 1. The Morgan fingerprint density at radius 3 is 2.25 bits per heavy atom. The number of allylic oxidation sites excluding steroid dienone is 1. The third-order valence-electron chi connectivity index (χ3n) is 4.42. The molecule has 0 aromatic carbocycles. The lowest BCUT2D eigenvalue weighted by Crippen LogP contribution is -2.27. The second-order valence-corrected chi connectivity index (χ2v) is 5.54. The van der Waals surface area contributed by atoms with Crippen LogP contribution in [0.2, 0.25) is 0 Å². The maximum absolute atomic E-state index is 13.1. The van der Waals surface area contributed by atoms with Crippen LogP contribution in [0.5, 0.6) is 0 Å². The van der Waals surface area contributed by atoms with Crippen molar-refractivity contribution in [2.24, 2.45) is 5.92 Å². The summed E-state index contributed by atoms with van der Waals surface area (Å²) in [6, 6.07) is 0. The zero-order valence-electron chi connectivity index (χ0n) is 10.6. The Labute approximate surface area is 98.7 Å². The molecule has 2 aliphatic rings. The van der Waals surface area contributed by atoms with Crippen LogP contribution in [-0.2, 0) is 0 Å². The summed E-state index contributed by atoms with van der Waals surface area (Å²) in [6.07, 6.45) is 5.67. The lowest BCUT2D eigenvalue weighted by Gasteiger charge is -2.30. The molecule has 0 unspecified atom stereocenters. The van der Waals surface area contributed by atoms with Crippen LogP contribution in [0, 0.1) is 5.92 Å². The third-order valence-corrected chi connectivity index (χ3v) is 4.42. The van der Waals surface area contributed by atoms with E-state index in [0.717, 1.165) is 25.7 Å². The maximum Gasteiger partial charge on any atom is 0.100 e. The first-order valence-corrected chi connectivity index (χ1v) is 6.68. The summed E-state index contributed by atoms with van der Waals surface area (Å²) in [5.41, 5.74) is 3.26. The molecule has 0 spiro atoms. The Hall–Kier alpha value is -0.370. The van der Waals surface area contributed by atoms with Crippen molar-refractivity contribution < 1.29 is 4.39 Å². The standard InChI is InChI=1S/C14H24FN/c1-11(12-3-5-14(15)6-4-12)13-7-9-16(2)10-8-13/h12,14H,3-10H2,1-2H3. The minimum atomic E-state index is -0.522. The fraction of sp³-hybridized carbons (Fsp3) is 0.857. The van der Waals surface area contributed by atoms with Gasteiger partial charge in [0.05, 0.1) is 0 Å². The number of hydrogen-bond donors (Lipinski definition) is 0. The minimum absolute atomic E-state index is 0.522. The number of rotatable bonds is 1. The van der Waals surface area contributed by atoms with E-state index in [0.29, 0.717) is 5.92 Å². The molecule has 1 heterocycles. The summed E-state index contributed by atoms with van der Waals surface area (Å²) in [4.78, 5) is 2.40. The van der Waals surface area contributed by atoms with Crippen LogP contribution in [0.25, 0.3) is 0 Å². The molecule has 0 bridgehead atoms. The fourth-order valence-electron chi connectivity index (χ4n) is 3.06. The molecule has 0 aromatic heterocycles. The molecule has 92 valence electrons. The summed E-state index contributed by atoms with van der Waals surface area (Å²) in [7, 11) is 2.19. The first kappa shape index (κ1) is 12.1. The van der Waals surface area contributed by atoms with Gasteiger partial charge in [0.2, 0.25) is 0 Å². The SMILES string of the molecule is CC(=C1CCN(C)CC1)C1CCC(F)CC1. The van der Waals surface area contributed by atoms with Gasteiger partial charge in [0.15, 0.2) is 0 Å². The Morgan fingerprint density at radius 2 is 1.69 bits per heavy atom. The highest BCUT2D eigenvalue weighted by Crippen LogP contribution is 2.34. The first-order chi connectivity index (χ1) is 7.66. The summed E-state index contributed by atoms with van der Waals surface area (Å²) >= 11 is 0. The number of hydrogen-bond acceptors (Lipinski definition) is 1. The maximum atomic E-state index is 13.1. The van der Waals surface area contributed by atoms with Crippen molar-refractivity contribution in [3.8, 4) is 0 Å². The van der Waals surface area contributed by atoms with Gasteiger partial charge in [0, 0.05) is 13.1 Å². The minimum Gasteiger partial charge on any atom is -0.306 e. The molecule has 1 aliphatic heterocycles. The van der Waals surface area contributed by atoms with Crippen LogP contribution >= 0.6 is 0 Å². The van der Waals surface area contributed by atoms with Gasteiger partial charge in [-0.2, -0.15) is 0 Å². The van der Waals surface area contributed by atoms with Gasteiger partial charge in [-0.25, -0.2) is 4.39 Å². The van der Waals surface area contributed by atoms with Crippen molar-refractivity contribution >= 4 is 0 Å². The number of piperidine rings is 1. The molecule has 0 aromatic rings. The predicted molar refractivity (Wildman–Crippen MR) is 66.3 cm³/mol. The molecule has 1 saturated carbocycles. The van der Waals surface area contributed by atoms with E-state index in [1.807, 2.05) is 0 Å². The molecule has 1 aliphatic carbocycles. The van der Waals surface area contributed by atoms with E-state index in [-0.39, 0.29) is 0 Å². The van der Waals surface area contributed by atoms with Crippen molar-refractivity contribution in [1.29, 1.82) is 0 Å². The second kappa shape index (κ2) is 5.31. The van der Waals surface area contributed by atoms with Gasteiger partial charge in [0.25, 0.3) is 0 Å². The van der Waals surface area contributed by atoms with E-state index in [1.165, 1.54) is 25.9 Å². The van der Waals surface area contributed by atoms with E-state index in [4.69, 9.17) is 0 Å². The fourth-order valence-corrected chi connectivity index (χ4v) is 3.06. The average molecular weight is 225 g/mol. The van der Waals surface area contributed by atoms with Crippen LogP contribution < -0.4 is 0 Å². The van der Waals surface area contributed by atoms with Gasteiger partial charge in [0.1, 0.15) is 6.17 Å². The van der Waals surface area contributed by atoms with Crippen molar-refractivity contribution in [3.05, 3.63) is 11.1 Å². The van der Waals surface area contributed by atoms with E-state index in [2.05, 4.69) is 18.9 Å². The van der Waals surface area contributed by atoms with Crippen LogP contribution in [0.1, 0.15) is 45.4 Å². The van der Waals surface area contributed by atoms with Gasteiger partial charge in [-0.3, -0.25) is 0 Å². The lowest BCUT2D eigenvalue weighted by atomic mass is 9.80. The average Bonchev–Trinajstić information content (AvgIpc) is 2.30. The molecule has 16 heavy (non-hydrogen) atoms. The molecular weight excluding hydrogens is 201 g/mol. The van der Waals surface area contributed by atoms with Gasteiger partial charge in [-0.15, -0.1) is 0 Å². The normalized spacial score (nSPS) is 32.8. The molecule has 1 nitrogen and oxygen atoms in total. The Bertz CT molecular complexity index is 254. The van der Waals surface area contributed by atoms with Gasteiger partial charge in [-0.05, 0) is 58.4 Å². The quantitative estimate of drug-likeness (QED) is 0.617. The molecule has 0 amide bonds. The highest BCUT2D eigenvalue weighted by atomic mass is 19.1. The smallest absolute Gasteiger partial charge is 0.100 e. The molecule has 0 radical (unpaired) electrons. The molecule has 1 saturated heterocycles. The van der Waals surface area contributed by atoms with Crippen molar-refractivity contribution in [3.63, 3.8) is 0 Å². The van der Waals surface area contributed by atoms with E-state index in [1.54, 1.807) is 11.1 Å². The zero-order valence-corrected chi connectivity index (χ0v) is 10.6. The van der Waals surface area contributed by atoms with Crippen LogP contribution in [0.15, 0.2) is 11.1 Å². The largest absolute Gasteiger partial charge is 0.306 e. The Balaban J connectivity index is 1.95. The topological polar surface area (TPSA) is 3.24 Å². The third kappa shape index (κ3) is 2.85. The van der Waals surface area contributed by atoms with E-state index >= 15 is 0 Å². The Kier molecular flexibility index (Phi) is 4.01. The van der Waals surface area contributed by atoms with Gasteiger partial charge in [-0.1, -0.05) is 11.1 Å². The molecule has 2 rings (SSSR count). The van der Waals surface area contributed by atoms with Crippen molar-refractivity contribution in [1.82, 2.24) is 4.90 Å². The zero-order chi connectivity index (χ0) is 11.5. The number of halogens is 1. The first-order valence-electron chi connectivity index (χ1n) is 6.68. The summed E-state index contributed by atoms with van der Waals surface area (Å²) in [5, 5.41) is 0. The summed E-state index contributed by atoms with van der Waals surface area (Å²) in [5.74, 6) is 0.686. The molecule has 2 heteroatoms. The summed E-state index contributed by atoms with van der Waals surface area (Å²) < 4.78 is 13.1. The molecule has 0 atom stereocenters. The molecule has 2 fully saturated rings. The van der Waals surface area contributed by atoms with Gasteiger partial charge < -0.3 is 4.90 Å². The summed E-state index contributed by atoms with van der Waals surface area (Å²) in [6.45, 7) is 4.69. The lowest BCUT2D eigenvalue weighted by molar-refractivity contribution is 0.220. The highest BCUT2D eigenvalue weighted by molar-refractivity contribution is 5.17. The second-order valence-electron chi connectivity index (χ2n) is 5.54. The van der Waals surface area contributed by atoms with Gasteiger partial charge >= 0.3 is 0 Å². The van der Waals surface area contributed by atoms with Crippen LogP contribution in [0.3, 0.4) is 0 Å². The van der Waals surface area contributed by atoms with E-state index < -0.39 is 6.17 Å². The highest BCUT2D eigenvalue weighted by Gasteiger charge is 2.24. The van der Waals surface area contributed by atoms with Crippen molar-refractivity contribution in [2.45, 2.75) is 51.6 Å². The van der Waals surface area contributed by atoms with Crippen LogP contribution in [-0.4, -0.2) is 31.2 Å². The monoisotopic (exact) mass is 225 g/mol. The predicted octanol–water partition coefficient (Wildman–Crippen LogP) is 3.56.